The van der Waals surface area contributed by atoms with Crippen LogP contribution < -0.4 is 11.1 Å². The summed E-state index contributed by atoms with van der Waals surface area (Å²) >= 11 is 0. The molecule has 4 N–H and O–H groups in total. The van der Waals surface area contributed by atoms with Gasteiger partial charge in [-0.15, -0.1) is 0 Å². The van der Waals surface area contributed by atoms with Crippen LogP contribution in [0.4, 0.5) is 5.82 Å². The summed E-state index contributed by atoms with van der Waals surface area (Å²) in [7, 11) is 0. The number of nitrogens with zero attached hydrogens (tertiary/aromatic N) is 1. The zero-order valence-electron chi connectivity index (χ0n) is 10.3. The molecule has 2 unspecified atom stereocenters. The van der Waals surface area contributed by atoms with Crippen LogP contribution in [0.1, 0.15) is 29.6 Å². The normalized spacial score (nSPS) is 22.9. The number of aliphatic hydroxyl groups is 1. The lowest BCUT2D eigenvalue weighted by atomic mass is 9.97. The standard InChI is InChI=1S/C13H19N3O2/c14-12(18)11-5-2-6-15-13(11)16-7-9-3-1-4-10(9)8-17/h2,5-6,9-10,17H,1,3-4,7-8H2,(H2,14,18)(H,15,16). The molecule has 1 amide bonds. The third-order valence-corrected chi connectivity index (χ3v) is 3.66. The smallest absolute Gasteiger partial charge is 0.252 e. The Morgan fingerprint density at radius 1 is 1.50 bits per heavy atom. The quantitative estimate of drug-likeness (QED) is 0.726. The van der Waals surface area contributed by atoms with E-state index >= 15 is 0 Å². The second-order valence-electron chi connectivity index (χ2n) is 4.78. The van der Waals surface area contributed by atoms with Crippen LogP contribution in [-0.4, -0.2) is 29.1 Å². The molecule has 18 heavy (non-hydrogen) atoms. The molecule has 1 aliphatic rings. The number of hydrogen-bond donors (Lipinski definition) is 3. The minimum Gasteiger partial charge on any atom is -0.396 e. The summed E-state index contributed by atoms with van der Waals surface area (Å²) in [6.07, 6.45) is 4.97. The highest BCUT2D eigenvalue weighted by Crippen LogP contribution is 2.31. The number of carbonyl (C=O) groups is 1. The Morgan fingerprint density at radius 2 is 2.28 bits per heavy atom. The summed E-state index contributed by atoms with van der Waals surface area (Å²) in [5.41, 5.74) is 5.71. The summed E-state index contributed by atoms with van der Waals surface area (Å²) < 4.78 is 0. The van der Waals surface area contributed by atoms with Crippen molar-refractivity contribution in [3.8, 4) is 0 Å². The molecule has 1 saturated carbocycles. The lowest BCUT2D eigenvalue weighted by Crippen LogP contribution is -2.23. The van der Waals surface area contributed by atoms with Gasteiger partial charge in [-0.25, -0.2) is 4.98 Å². The predicted molar refractivity (Wildman–Crippen MR) is 69.2 cm³/mol. The summed E-state index contributed by atoms with van der Waals surface area (Å²) in [5, 5.41) is 12.4. The van der Waals surface area contributed by atoms with Gasteiger partial charge in [-0.2, -0.15) is 0 Å². The number of hydrogen-bond acceptors (Lipinski definition) is 4. The average molecular weight is 249 g/mol. The molecule has 1 aromatic heterocycles. The van der Waals surface area contributed by atoms with E-state index in [-0.39, 0.29) is 6.61 Å². The summed E-state index contributed by atoms with van der Waals surface area (Å²) in [5.74, 6) is 0.861. The van der Waals surface area contributed by atoms with Crippen molar-refractivity contribution in [2.24, 2.45) is 17.6 Å². The molecule has 1 heterocycles. The Labute approximate surface area is 106 Å². The van der Waals surface area contributed by atoms with Gasteiger partial charge in [0.15, 0.2) is 0 Å². The zero-order valence-corrected chi connectivity index (χ0v) is 10.3. The molecule has 5 heteroatoms. The number of amides is 1. The Bertz CT molecular complexity index is 422. The van der Waals surface area contributed by atoms with Crippen LogP contribution in [0.5, 0.6) is 0 Å². The minimum absolute atomic E-state index is 0.233. The Balaban J connectivity index is 2.00. The molecule has 2 atom stereocenters. The molecule has 0 aromatic carbocycles. The second kappa shape index (κ2) is 5.82. The van der Waals surface area contributed by atoms with E-state index < -0.39 is 5.91 Å². The van der Waals surface area contributed by atoms with Crippen LogP contribution in [0.25, 0.3) is 0 Å². The van der Waals surface area contributed by atoms with Gasteiger partial charge in [0.05, 0.1) is 5.56 Å². The van der Waals surface area contributed by atoms with E-state index in [4.69, 9.17) is 5.73 Å². The largest absolute Gasteiger partial charge is 0.396 e. The molecule has 98 valence electrons. The van der Waals surface area contributed by atoms with Crippen molar-refractivity contribution in [1.29, 1.82) is 0 Å². The number of carbonyl (C=O) groups excluding carboxylic acids is 1. The number of primary amides is 1. The van der Waals surface area contributed by atoms with Crippen LogP contribution in [0.2, 0.25) is 0 Å². The van der Waals surface area contributed by atoms with Crippen molar-refractivity contribution in [2.45, 2.75) is 19.3 Å². The van der Waals surface area contributed by atoms with Gasteiger partial charge in [0.1, 0.15) is 5.82 Å². The number of nitrogens with two attached hydrogens (primary N) is 1. The van der Waals surface area contributed by atoms with E-state index in [0.717, 1.165) is 25.8 Å². The van der Waals surface area contributed by atoms with Crippen molar-refractivity contribution in [2.75, 3.05) is 18.5 Å². The molecule has 0 saturated heterocycles. The van der Waals surface area contributed by atoms with Crippen LogP contribution in [0.3, 0.4) is 0 Å². The van der Waals surface area contributed by atoms with Gasteiger partial charge in [-0.1, -0.05) is 6.42 Å². The first kappa shape index (κ1) is 12.8. The van der Waals surface area contributed by atoms with Gasteiger partial charge in [-0.05, 0) is 36.8 Å². The van der Waals surface area contributed by atoms with Gasteiger partial charge in [0, 0.05) is 19.3 Å². The number of pyridine rings is 1. The molecular weight excluding hydrogens is 230 g/mol. The topological polar surface area (TPSA) is 88.2 Å². The van der Waals surface area contributed by atoms with Gasteiger partial charge in [0.2, 0.25) is 0 Å². The first-order valence-electron chi connectivity index (χ1n) is 6.32. The van der Waals surface area contributed by atoms with Crippen LogP contribution >= 0.6 is 0 Å². The van der Waals surface area contributed by atoms with Gasteiger partial charge >= 0.3 is 0 Å². The third-order valence-electron chi connectivity index (χ3n) is 3.66. The maximum Gasteiger partial charge on any atom is 0.252 e. The van der Waals surface area contributed by atoms with Gasteiger partial charge < -0.3 is 16.2 Å². The van der Waals surface area contributed by atoms with E-state index in [1.165, 1.54) is 0 Å². The molecule has 0 spiro atoms. The molecule has 5 nitrogen and oxygen atoms in total. The van der Waals surface area contributed by atoms with Crippen molar-refractivity contribution >= 4 is 11.7 Å². The van der Waals surface area contributed by atoms with E-state index in [0.29, 0.717) is 23.2 Å². The lowest BCUT2D eigenvalue weighted by molar-refractivity contribution is 0.100. The van der Waals surface area contributed by atoms with Crippen molar-refractivity contribution in [3.63, 3.8) is 0 Å². The molecule has 1 aromatic rings. The molecule has 1 aliphatic carbocycles. The highest BCUT2D eigenvalue weighted by Gasteiger charge is 2.26. The Hall–Kier alpha value is -1.62. The highest BCUT2D eigenvalue weighted by molar-refractivity contribution is 5.97. The molecule has 0 bridgehead atoms. The van der Waals surface area contributed by atoms with Crippen molar-refractivity contribution < 1.29 is 9.90 Å². The molecular formula is C13H19N3O2. The van der Waals surface area contributed by atoms with E-state index in [1.807, 2.05) is 0 Å². The third kappa shape index (κ3) is 2.79. The maximum atomic E-state index is 11.2. The first-order valence-corrected chi connectivity index (χ1v) is 6.32. The molecule has 2 rings (SSSR count). The SMILES string of the molecule is NC(=O)c1cccnc1NCC1CCCC1CO. The van der Waals surface area contributed by atoms with E-state index in [1.54, 1.807) is 18.3 Å². The fourth-order valence-corrected chi connectivity index (χ4v) is 2.60. The lowest BCUT2D eigenvalue weighted by Gasteiger charge is -2.18. The second-order valence-corrected chi connectivity index (χ2v) is 4.78. The zero-order chi connectivity index (χ0) is 13.0. The van der Waals surface area contributed by atoms with Crippen molar-refractivity contribution in [1.82, 2.24) is 4.98 Å². The predicted octanol–water partition coefficient (Wildman–Crippen LogP) is 1.00. The van der Waals surface area contributed by atoms with Gasteiger partial charge in [0.25, 0.3) is 5.91 Å². The monoisotopic (exact) mass is 249 g/mol. The number of aliphatic hydroxyl groups excluding tert-OH is 1. The first-order chi connectivity index (χ1) is 8.72. The fourth-order valence-electron chi connectivity index (χ4n) is 2.60. The molecule has 0 radical (unpaired) electrons. The average Bonchev–Trinajstić information content (AvgIpc) is 2.84. The Kier molecular flexibility index (Phi) is 4.15. The number of aromatic nitrogens is 1. The summed E-state index contributed by atoms with van der Waals surface area (Å²) in [6, 6.07) is 3.35. The number of nitrogens with one attached hydrogen (secondary N) is 1. The van der Waals surface area contributed by atoms with Crippen molar-refractivity contribution in [3.05, 3.63) is 23.9 Å². The molecule has 1 fully saturated rings. The van der Waals surface area contributed by atoms with Gasteiger partial charge in [-0.3, -0.25) is 4.79 Å². The number of anilines is 1. The Morgan fingerprint density at radius 3 is 3.00 bits per heavy atom. The van der Waals surface area contributed by atoms with Crippen LogP contribution in [0, 0.1) is 11.8 Å². The van der Waals surface area contributed by atoms with E-state index in [9.17, 15) is 9.90 Å². The van der Waals surface area contributed by atoms with E-state index in [2.05, 4.69) is 10.3 Å². The minimum atomic E-state index is -0.476. The fraction of sp³-hybridized carbons (Fsp3) is 0.538. The maximum absolute atomic E-state index is 11.2. The number of rotatable bonds is 5. The molecule has 0 aliphatic heterocycles. The van der Waals surface area contributed by atoms with Crippen LogP contribution in [0.15, 0.2) is 18.3 Å². The van der Waals surface area contributed by atoms with Crippen LogP contribution in [-0.2, 0) is 0 Å². The summed E-state index contributed by atoms with van der Waals surface area (Å²) in [4.78, 5) is 15.4. The summed E-state index contributed by atoms with van der Waals surface area (Å²) in [6.45, 7) is 0.958. The highest BCUT2D eigenvalue weighted by atomic mass is 16.3.